The molecule has 7 heteroatoms. The number of nitrogens with zero attached hydrogens (tertiary/aromatic N) is 2. The average molecular weight is 240 g/mol. The molecule has 1 aromatic heterocycles. The number of carbonyl (C=O) groups excluding carboxylic acids is 3. The van der Waals surface area contributed by atoms with Gasteiger partial charge in [0.1, 0.15) is 4.88 Å². The number of hydrogen-bond acceptors (Lipinski definition) is 6. The van der Waals surface area contributed by atoms with Gasteiger partial charge in [-0.2, -0.15) is 0 Å². The molecular weight excluding hydrogens is 232 g/mol. The third-order valence-corrected chi connectivity index (χ3v) is 3.10. The van der Waals surface area contributed by atoms with Crippen molar-refractivity contribution in [1.29, 1.82) is 0 Å². The van der Waals surface area contributed by atoms with Crippen molar-refractivity contribution in [2.24, 2.45) is 0 Å². The largest absolute Gasteiger partial charge is 0.465 e. The van der Waals surface area contributed by atoms with E-state index in [1.165, 1.54) is 18.2 Å². The molecule has 0 N–H and O–H groups in total. The number of rotatable bonds is 2. The minimum atomic E-state index is -0.498. The van der Waals surface area contributed by atoms with Crippen molar-refractivity contribution >= 4 is 34.1 Å². The molecule has 2 heterocycles. The van der Waals surface area contributed by atoms with Crippen molar-refractivity contribution in [3.05, 3.63) is 11.1 Å². The quantitative estimate of drug-likeness (QED) is 0.546. The second-order valence-electron chi connectivity index (χ2n) is 3.19. The lowest BCUT2D eigenvalue weighted by Crippen LogP contribution is -2.24. The zero-order chi connectivity index (χ0) is 11.7. The van der Waals surface area contributed by atoms with Crippen molar-refractivity contribution in [3.63, 3.8) is 0 Å². The first-order chi connectivity index (χ1) is 7.61. The van der Waals surface area contributed by atoms with Gasteiger partial charge in [0.2, 0.25) is 5.91 Å². The van der Waals surface area contributed by atoms with Gasteiger partial charge in [0.05, 0.1) is 26.3 Å². The van der Waals surface area contributed by atoms with E-state index in [9.17, 15) is 14.4 Å². The van der Waals surface area contributed by atoms with Crippen molar-refractivity contribution in [3.8, 4) is 0 Å². The van der Waals surface area contributed by atoms with Crippen molar-refractivity contribution in [1.82, 2.24) is 4.98 Å². The molecule has 0 spiro atoms. The Hall–Kier alpha value is -1.76. The molecule has 1 aromatic rings. The molecule has 0 atom stereocenters. The van der Waals surface area contributed by atoms with Gasteiger partial charge in [0, 0.05) is 0 Å². The number of amides is 1. The van der Waals surface area contributed by atoms with Gasteiger partial charge in [0.15, 0.2) is 10.9 Å². The van der Waals surface area contributed by atoms with Crippen LogP contribution in [-0.2, 0) is 14.3 Å². The summed E-state index contributed by atoms with van der Waals surface area (Å²) in [6, 6.07) is 0. The van der Waals surface area contributed by atoms with E-state index in [1.54, 1.807) is 0 Å². The van der Waals surface area contributed by atoms with Gasteiger partial charge >= 0.3 is 5.97 Å². The maximum atomic E-state index is 11.4. The van der Waals surface area contributed by atoms with E-state index in [1.807, 2.05) is 0 Å². The minimum Gasteiger partial charge on any atom is -0.465 e. The van der Waals surface area contributed by atoms with E-state index < -0.39 is 5.97 Å². The van der Waals surface area contributed by atoms with Crippen LogP contribution >= 0.6 is 11.3 Å². The highest BCUT2D eigenvalue weighted by Crippen LogP contribution is 2.25. The second-order valence-corrected chi connectivity index (χ2v) is 4.20. The van der Waals surface area contributed by atoms with E-state index in [-0.39, 0.29) is 24.7 Å². The molecule has 0 unspecified atom stereocenters. The highest BCUT2D eigenvalue weighted by atomic mass is 32.1. The predicted molar refractivity (Wildman–Crippen MR) is 55.4 cm³/mol. The first-order valence-corrected chi connectivity index (χ1v) is 5.29. The number of anilines is 1. The van der Waals surface area contributed by atoms with E-state index in [0.717, 1.165) is 11.3 Å². The van der Waals surface area contributed by atoms with E-state index in [2.05, 4.69) is 9.72 Å². The molecule has 1 aliphatic rings. The van der Waals surface area contributed by atoms with Crippen molar-refractivity contribution in [2.75, 3.05) is 18.6 Å². The molecule has 1 saturated heterocycles. The Balaban J connectivity index is 2.22. The SMILES string of the molecule is COC(=O)c1cnc(N2CC(=O)CC2=O)s1. The second kappa shape index (κ2) is 4.01. The number of aromatic nitrogens is 1. The van der Waals surface area contributed by atoms with Gasteiger partial charge in [-0.25, -0.2) is 9.78 Å². The van der Waals surface area contributed by atoms with Crippen molar-refractivity contribution < 1.29 is 19.1 Å². The summed E-state index contributed by atoms with van der Waals surface area (Å²) in [5.41, 5.74) is 0. The Labute approximate surface area is 94.8 Å². The molecule has 1 amide bonds. The summed E-state index contributed by atoms with van der Waals surface area (Å²) in [6.07, 6.45) is 1.25. The third-order valence-electron chi connectivity index (χ3n) is 2.09. The highest BCUT2D eigenvalue weighted by Gasteiger charge is 2.30. The van der Waals surface area contributed by atoms with Gasteiger partial charge in [0.25, 0.3) is 0 Å². The van der Waals surface area contributed by atoms with Crippen LogP contribution in [0.4, 0.5) is 5.13 Å². The molecule has 0 radical (unpaired) electrons. The van der Waals surface area contributed by atoms with Gasteiger partial charge < -0.3 is 4.74 Å². The lowest BCUT2D eigenvalue weighted by atomic mass is 10.3. The lowest BCUT2D eigenvalue weighted by molar-refractivity contribution is -0.121. The first-order valence-electron chi connectivity index (χ1n) is 4.48. The van der Waals surface area contributed by atoms with Crippen LogP contribution in [0.15, 0.2) is 6.20 Å². The summed E-state index contributed by atoms with van der Waals surface area (Å²) < 4.78 is 4.52. The van der Waals surface area contributed by atoms with Crippen LogP contribution in [0.25, 0.3) is 0 Å². The number of methoxy groups -OCH3 is 1. The number of thiazole rings is 1. The molecule has 16 heavy (non-hydrogen) atoms. The number of hydrogen-bond donors (Lipinski definition) is 0. The van der Waals surface area contributed by atoms with Crippen LogP contribution in [0, 0.1) is 0 Å². The smallest absolute Gasteiger partial charge is 0.349 e. The molecule has 0 aliphatic carbocycles. The fraction of sp³-hybridized carbons (Fsp3) is 0.333. The maximum Gasteiger partial charge on any atom is 0.349 e. The highest BCUT2D eigenvalue weighted by molar-refractivity contribution is 7.17. The summed E-state index contributed by atoms with van der Waals surface area (Å²) in [5, 5.41) is 0.358. The predicted octanol–water partition coefficient (Wildman–Crippen LogP) is 0.235. The number of esters is 1. The van der Waals surface area contributed by atoms with Crippen LogP contribution in [-0.4, -0.2) is 36.3 Å². The summed E-state index contributed by atoms with van der Waals surface area (Å²) >= 11 is 1.04. The van der Waals surface area contributed by atoms with Crippen LogP contribution in [0.5, 0.6) is 0 Å². The molecule has 0 aromatic carbocycles. The number of Topliss-reactive ketones (excluding diaryl/α,β-unsaturated/α-hetero) is 1. The van der Waals surface area contributed by atoms with Crippen LogP contribution < -0.4 is 4.90 Å². The summed E-state index contributed by atoms with van der Waals surface area (Å²) in [5.74, 6) is -0.919. The Bertz CT molecular complexity index is 468. The summed E-state index contributed by atoms with van der Waals surface area (Å²) in [7, 11) is 1.27. The fourth-order valence-corrected chi connectivity index (χ4v) is 2.19. The molecule has 84 valence electrons. The zero-order valence-electron chi connectivity index (χ0n) is 8.43. The first kappa shape index (κ1) is 10.7. The third kappa shape index (κ3) is 1.81. The Kier molecular flexibility index (Phi) is 2.69. The van der Waals surface area contributed by atoms with E-state index in [0.29, 0.717) is 10.0 Å². The van der Waals surface area contributed by atoms with E-state index >= 15 is 0 Å². The molecule has 6 nitrogen and oxygen atoms in total. The molecule has 2 rings (SSSR count). The Morgan fingerprint density at radius 2 is 2.31 bits per heavy atom. The lowest BCUT2D eigenvalue weighted by Gasteiger charge is -2.08. The average Bonchev–Trinajstić information content (AvgIpc) is 2.83. The van der Waals surface area contributed by atoms with E-state index in [4.69, 9.17) is 0 Å². The molecule has 0 bridgehead atoms. The summed E-state index contributed by atoms with van der Waals surface area (Å²) in [4.78, 5) is 39.1. The maximum absolute atomic E-state index is 11.4. The molecule has 0 saturated carbocycles. The number of ether oxygens (including phenoxy) is 1. The minimum absolute atomic E-state index is 0.0347. The van der Waals surface area contributed by atoms with Crippen LogP contribution in [0.2, 0.25) is 0 Å². The molecular formula is C9H8N2O4S. The summed E-state index contributed by atoms with van der Waals surface area (Å²) in [6.45, 7) is 0.0347. The standard InChI is InChI=1S/C9H8N2O4S/c1-15-8(14)6-3-10-9(16-6)11-4-5(12)2-7(11)13/h3H,2,4H2,1H3. The van der Waals surface area contributed by atoms with Gasteiger partial charge in [-0.15, -0.1) is 0 Å². The Morgan fingerprint density at radius 1 is 1.56 bits per heavy atom. The topological polar surface area (TPSA) is 76.6 Å². The fourth-order valence-electron chi connectivity index (χ4n) is 1.34. The number of carbonyl (C=O) groups is 3. The van der Waals surface area contributed by atoms with Gasteiger partial charge in [-0.05, 0) is 0 Å². The van der Waals surface area contributed by atoms with Gasteiger partial charge in [-0.1, -0.05) is 11.3 Å². The van der Waals surface area contributed by atoms with Crippen LogP contribution in [0.1, 0.15) is 16.1 Å². The number of ketones is 1. The molecule has 1 aliphatic heterocycles. The zero-order valence-corrected chi connectivity index (χ0v) is 9.24. The normalized spacial score (nSPS) is 15.7. The Morgan fingerprint density at radius 3 is 2.88 bits per heavy atom. The van der Waals surface area contributed by atoms with Gasteiger partial charge in [-0.3, -0.25) is 14.5 Å². The van der Waals surface area contributed by atoms with Crippen molar-refractivity contribution in [2.45, 2.75) is 6.42 Å². The molecule has 1 fully saturated rings. The monoisotopic (exact) mass is 240 g/mol. The van der Waals surface area contributed by atoms with Crippen LogP contribution in [0.3, 0.4) is 0 Å².